The highest BCUT2D eigenvalue weighted by molar-refractivity contribution is 14.0. The Morgan fingerprint density at radius 1 is 1.67 bits per heavy atom. The van der Waals surface area contributed by atoms with Gasteiger partial charge in [-0.15, -0.1) is 24.0 Å². The van der Waals surface area contributed by atoms with Crippen LogP contribution in [0.2, 0.25) is 0 Å². The molecule has 0 bridgehead atoms. The van der Waals surface area contributed by atoms with Crippen LogP contribution in [0.3, 0.4) is 0 Å². The highest BCUT2D eigenvalue weighted by atomic mass is 127. The van der Waals surface area contributed by atoms with E-state index in [1.165, 1.54) is 0 Å². The molecule has 9 heavy (non-hydrogen) atoms. The first-order valence-electron chi connectivity index (χ1n) is 2.36. The van der Waals surface area contributed by atoms with Gasteiger partial charge in [0.25, 0.3) is 0 Å². The third-order valence-corrected chi connectivity index (χ3v) is 1.72. The third kappa shape index (κ3) is 2.17. The van der Waals surface area contributed by atoms with E-state index in [0.717, 1.165) is 5.16 Å². The molecule has 0 saturated carbocycles. The van der Waals surface area contributed by atoms with Crippen molar-refractivity contribution in [2.45, 2.75) is 5.16 Å². The molecular formula is C5H9IN2S. The maximum atomic E-state index is 4.06. The summed E-state index contributed by atoms with van der Waals surface area (Å²) in [7, 11) is 1.98. The summed E-state index contributed by atoms with van der Waals surface area (Å²) in [6.07, 6.45) is 5.75. The quantitative estimate of drug-likeness (QED) is 0.563. The summed E-state index contributed by atoms with van der Waals surface area (Å²) in [6, 6.07) is 0. The van der Waals surface area contributed by atoms with Crippen molar-refractivity contribution in [3.8, 4) is 0 Å². The normalized spacial score (nSPS) is 8.67. The largest absolute Gasteiger partial charge is 0.329 e. The number of hydrogen-bond acceptors (Lipinski definition) is 2. The lowest BCUT2D eigenvalue weighted by Gasteiger charge is -1.92. The second-order valence-electron chi connectivity index (χ2n) is 1.52. The number of thioether (sulfide) groups is 1. The molecule has 0 fully saturated rings. The van der Waals surface area contributed by atoms with Crippen LogP contribution in [0, 0.1) is 0 Å². The van der Waals surface area contributed by atoms with Crippen LogP contribution in [0.5, 0.6) is 0 Å². The number of hydrogen-bond donors (Lipinski definition) is 0. The lowest BCUT2D eigenvalue weighted by atomic mass is 10.9. The number of imidazole rings is 1. The van der Waals surface area contributed by atoms with Gasteiger partial charge in [0.2, 0.25) is 0 Å². The Morgan fingerprint density at radius 2 is 2.33 bits per heavy atom. The first kappa shape index (κ1) is 9.29. The molecule has 2 nitrogen and oxygen atoms in total. The number of nitrogens with zero attached hydrogens (tertiary/aromatic N) is 2. The number of halogens is 1. The van der Waals surface area contributed by atoms with E-state index in [2.05, 4.69) is 4.98 Å². The monoisotopic (exact) mass is 256 g/mol. The third-order valence-electron chi connectivity index (χ3n) is 0.960. The van der Waals surface area contributed by atoms with E-state index in [1.807, 2.05) is 24.1 Å². The standard InChI is InChI=1S/C5H8N2S.HI/c1-7-4-3-6-5(7)8-2;/h3-4H,1-2H3;1H. The Bertz CT molecular complexity index is 175. The summed E-state index contributed by atoms with van der Waals surface area (Å²) in [5.74, 6) is 0. The van der Waals surface area contributed by atoms with Crippen molar-refractivity contribution in [1.29, 1.82) is 0 Å². The molecule has 0 aromatic carbocycles. The van der Waals surface area contributed by atoms with E-state index in [9.17, 15) is 0 Å². The molecule has 0 aliphatic heterocycles. The van der Waals surface area contributed by atoms with Gasteiger partial charge in [0.15, 0.2) is 5.16 Å². The van der Waals surface area contributed by atoms with E-state index >= 15 is 0 Å². The van der Waals surface area contributed by atoms with Gasteiger partial charge in [-0.3, -0.25) is 0 Å². The van der Waals surface area contributed by atoms with Crippen molar-refractivity contribution < 1.29 is 0 Å². The van der Waals surface area contributed by atoms with Gasteiger partial charge in [-0.05, 0) is 6.26 Å². The second-order valence-corrected chi connectivity index (χ2v) is 2.30. The molecule has 0 atom stereocenters. The predicted molar refractivity (Wildman–Crippen MR) is 50.4 cm³/mol. The molecule has 1 aromatic rings. The van der Waals surface area contributed by atoms with Crippen molar-refractivity contribution in [3.05, 3.63) is 12.4 Å². The van der Waals surface area contributed by atoms with E-state index in [-0.39, 0.29) is 24.0 Å². The summed E-state index contributed by atoms with van der Waals surface area (Å²) in [5.41, 5.74) is 0. The van der Waals surface area contributed by atoms with E-state index in [1.54, 1.807) is 18.0 Å². The van der Waals surface area contributed by atoms with Crippen molar-refractivity contribution in [2.75, 3.05) is 6.26 Å². The first-order valence-corrected chi connectivity index (χ1v) is 3.58. The summed E-state index contributed by atoms with van der Waals surface area (Å²) in [5, 5.41) is 1.06. The molecule has 0 radical (unpaired) electrons. The van der Waals surface area contributed by atoms with Crippen LogP contribution in [0.15, 0.2) is 17.6 Å². The zero-order valence-corrected chi connectivity index (χ0v) is 8.51. The molecule has 0 spiro atoms. The maximum Gasteiger partial charge on any atom is 0.167 e. The summed E-state index contributed by atoms with van der Waals surface area (Å²) >= 11 is 1.65. The van der Waals surface area contributed by atoms with E-state index in [4.69, 9.17) is 0 Å². The van der Waals surface area contributed by atoms with Crippen molar-refractivity contribution in [2.24, 2.45) is 7.05 Å². The minimum Gasteiger partial charge on any atom is -0.329 e. The fourth-order valence-electron chi connectivity index (χ4n) is 0.549. The van der Waals surface area contributed by atoms with Crippen LogP contribution in [0.1, 0.15) is 0 Å². The molecule has 0 unspecified atom stereocenters. The fraction of sp³-hybridized carbons (Fsp3) is 0.400. The van der Waals surface area contributed by atoms with Gasteiger partial charge in [0.05, 0.1) is 0 Å². The van der Waals surface area contributed by atoms with E-state index in [0.29, 0.717) is 0 Å². The number of aromatic nitrogens is 2. The van der Waals surface area contributed by atoms with Gasteiger partial charge in [-0.2, -0.15) is 0 Å². The Balaban J connectivity index is 0.000000640. The van der Waals surface area contributed by atoms with Crippen LogP contribution in [0.4, 0.5) is 0 Å². The molecule has 0 amide bonds. The molecule has 1 aromatic heterocycles. The molecule has 0 aliphatic carbocycles. The van der Waals surface area contributed by atoms with Crippen LogP contribution >= 0.6 is 35.7 Å². The molecule has 4 heteroatoms. The Labute approximate surface area is 76.1 Å². The molecule has 52 valence electrons. The van der Waals surface area contributed by atoms with Gasteiger partial charge in [-0.1, -0.05) is 11.8 Å². The summed E-state index contributed by atoms with van der Waals surface area (Å²) in [6.45, 7) is 0. The Hall–Kier alpha value is 0.290. The van der Waals surface area contributed by atoms with Crippen LogP contribution in [-0.2, 0) is 7.05 Å². The van der Waals surface area contributed by atoms with E-state index < -0.39 is 0 Å². The fourth-order valence-corrected chi connectivity index (χ4v) is 1.06. The lowest BCUT2D eigenvalue weighted by Crippen LogP contribution is -1.85. The number of aryl methyl sites for hydroxylation is 1. The van der Waals surface area contributed by atoms with Gasteiger partial charge in [-0.25, -0.2) is 4.98 Å². The number of rotatable bonds is 1. The molecule has 0 saturated heterocycles. The predicted octanol–water partition coefficient (Wildman–Crippen LogP) is 1.76. The van der Waals surface area contributed by atoms with Crippen molar-refractivity contribution >= 4 is 35.7 Å². The summed E-state index contributed by atoms with van der Waals surface area (Å²) < 4.78 is 1.99. The highest BCUT2D eigenvalue weighted by Gasteiger charge is 1.91. The molecule has 0 aliphatic rings. The average Bonchev–Trinajstić information content (AvgIpc) is 2.14. The first-order chi connectivity index (χ1) is 3.84. The maximum absolute atomic E-state index is 4.06. The van der Waals surface area contributed by atoms with Gasteiger partial charge in [0, 0.05) is 19.4 Å². The second kappa shape index (κ2) is 4.16. The van der Waals surface area contributed by atoms with Gasteiger partial charge >= 0.3 is 0 Å². The summed E-state index contributed by atoms with van der Waals surface area (Å²) in [4.78, 5) is 4.06. The zero-order chi connectivity index (χ0) is 5.98. The highest BCUT2D eigenvalue weighted by Crippen LogP contribution is 2.08. The van der Waals surface area contributed by atoms with Gasteiger partial charge < -0.3 is 4.57 Å². The Morgan fingerprint density at radius 3 is 2.56 bits per heavy atom. The average molecular weight is 256 g/mol. The zero-order valence-electron chi connectivity index (χ0n) is 5.37. The SMILES string of the molecule is CSc1nccn1C.I. The topological polar surface area (TPSA) is 17.8 Å². The molecule has 0 N–H and O–H groups in total. The van der Waals surface area contributed by atoms with Crippen LogP contribution in [0.25, 0.3) is 0 Å². The smallest absolute Gasteiger partial charge is 0.167 e. The van der Waals surface area contributed by atoms with Gasteiger partial charge in [0.1, 0.15) is 0 Å². The van der Waals surface area contributed by atoms with Crippen LogP contribution in [-0.4, -0.2) is 15.8 Å². The molecule has 1 rings (SSSR count). The lowest BCUT2D eigenvalue weighted by molar-refractivity contribution is 0.791. The Kier molecular flexibility index (Phi) is 4.29. The van der Waals surface area contributed by atoms with Crippen LogP contribution < -0.4 is 0 Å². The minimum atomic E-state index is 0. The molecular weight excluding hydrogens is 247 g/mol. The molecule has 1 heterocycles. The van der Waals surface area contributed by atoms with Crippen molar-refractivity contribution in [1.82, 2.24) is 9.55 Å². The minimum absolute atomic E-state index is 0. The van der Waals surface area contributed by atoms with Crippen molar-refractivity contribution in [3.63, 3.8) is 0 Å².